The molecule has 0 amide bonds. The van der Waals surface area contributed by atoms with E-state index in [0.29, 0.717) is 18.8 Å². The number of hydrogen-bond donors (Lipinski definition) is 1. The van der Waals surface area contributed by atoms with Gasteiger partial charge in [0.05, 0.1) is 6.61 Å². The van der Waals surface area contributed by atoms with Crippen molar-refractivity contribution in [3.8, 4) is 0 Å². The third-order valence-corrected chi connectivity index (χ3v) is 3.56. The number of alkyl halides is 2. The van der Waals surface area contributed by atoms with Crippen molar-refractivity contribution < 1.29 is 13.5 Å². The van der Waals surface area contributed by atoms with Crippen molar-refractivity contribution >= 4 is 0 Å². The van der Waals surface area contributed by atoms with E-state index in [-0.39, 0.29) is 12.8 Å². The summed E-state index contributed by atoms with van der Waals surface area (Å²) < 4.78 is 30.9. The molecule has 0 atom stereocenters. The first-order chi connectivity index (χ1) is 8.53. The van der Waals surface area contributed by atoms with Crippen molar-refractivity contribution in [3.63, 3.8) is 0 Å². The summed E-state index contributed by atoms with van der Waals surface area (Å²) in [5.41, 5.74) is 0. The van der Waals surface area contributed by atoms with E-state index >= 15 is 0 Å². The Morgan fingerprint density at radius 2 is 1.94 bits per heavy atom. The number of hydrogen-bond acceptors (Lipinski definition) is 3. The van der Waals surface area contributed by atoms with Crippen LogP contribution >= 0.6 is 0 Å². The third kappa shape index (κ3) is 6.61. The van der Waals surface area contributed by atoms with Crippen molar-refractivity contribution in [2.45, 2.75) is 31.6 Å². The molecule has 18 heavy (non-hydrogen) atoms. The van der Waals surface area contributed by atoms with Crippen LogP contribution in [-0.4, -0.2) is 57.8 Å². The Morgan fingerprint density at radius 1 is 1.28 bits per heavy atom. The number of methoxy groups -OCH3 is 1. The minimum absolute atomic E-state index is 0.0671. The minimum atomic E-state index is -2.41. The summed E-state index contributed by atoms with van der Waals surface area (Å²) in [7, 11) is 3.75. The SMILES string of the molecule is COCCNCCN(C)CC1CCC(F)(F)CC1. The Morgan fingerprint density at radius 3 is 2.56 bits per heavy atom. The molecule has 1 N–H and O–H groups in total. The highest BCUT2D eigenvalue weighted by molar-refractivity contribution is 4.78. The lowest BCUT2D eigenvalue weighted by molar-refractivity contribution is -0.0482. The van der Waals surface area contributed by atoms with Crippen molar-refractivity contribution in [2.75, 3.05) is 46.9 Å². The van der Waals surface area contributed by atoms with E-state index in [9.17, 15) is 8.78 Å². The molecule has 0 saturated heterocycles. The van der Waals surface area contributed by atoms with Gasteiger partial charge >= 0.3 is 0 Å². The van der Waals surface area contributed by atoms with Gasteiger partial charge in [-0.15, -0.1) is 0 Å². The summed E-state index contributed by atoms with van der Waals surface area (Å²) in [5.74, 6) is -1.97. The van der Waals surface area contributed by atoms with E-state index in [2.05, 4.69) is 17.3 Å². The second-order valence-electron chi connectivity index (χ2n) is 5.30. The van der Waals surface area contributed by atoms with Crippen LogP contribution in [0.4, 0.5) is 8.78 Å². The summed E-state index contributed by atoms with van der Waals surface area (Å²) in [6.07, 6.45) is 1.46. The number of rotatable bonds is 8. The quantitative estimate of drug-likeness (QED) is 0.678. The highest BCUT2D eigenvalue weighted by Gasteiger charge is 2.34. The number of halogens is 2. The molecule has 1 fully saturated rings. The first-order valence-corrected chi connectivity index (χ1v) is 6.79. The van der Waals surface area contributed by atoms with E-state index in [1.165, 1.54) is 0 Å². The van der Waals surface area contributed by atoms with Gasteiger partial charge in [-0.3, -0.25) is 0 Å². The first kappa shape index (κ1) is 15.8. The molecule has 0 aromatic heterocycles. The minimum Gasteiger partial charge on any atom is -0.383 e. The van der Waals surface area contributed by atoms with Gasteiger partial charge in [0.15, 0.2) is 0 Å². The van der Waals surface area contributed by atoms with Crippen LogP contribution in [0.3, 0.4) is 0 Å². The molecular weight excluding hydrogens is 238 g/mol. The zero-order valence-electron chi connectivity index (χ0n) is 11.6. The van der Waals surface area contributed by atoms with Gasteiger partial charge in [-0.25, -0.2) is 8.78 Å². The highest BCUT2D eigenvalue weighted by Crippen LogP contribution is 2.36. The molecule has 0 unspecified atom stereocenters. The lowest BCUT2D eigenvalue weighted by Crippen LogP contribution is -2.36. The summed E-state index contributed by atoms with van der Waals surface area (Å²) in [6, 6.07) is 0. The van der Waals surface area contributed by atoms with Crippen LogP contribution in [0.2, 0.25) is 0 Å². The third-order valence-electron chi connectivity index (χ3n) is 3.56. The van der Waals surface area contributed by atoms with Crippen LogP contribution < -0.4 is 5.32 Å². The molecule has 0 heterocycles. The molecule has 3 nitrogen and oxygen atoms in total. The van der Waals surface area contributed by atoms with Crippen LogP contribution in [0.1, 0.15) is 25.7 Å². The maximum atomic E-state index is 13.0. The fraction of sp³-hybridized carbons (Fsp3) is 1.00. The molecular formula is C13H26F2N2O. The molecule has 0 aromatic rings. The molecule has 0 spiro atoms. The summed E-state index contributed by atoms with van der Waals surface area (Å²) in [6.45, 7) is 4.39. The standard InChI is InChI=1S/C13H26F2N2O/c1-17(9-7-16-8-10-18-2)11-12-3-5-13(14,15)6-4-12/h12,16H,3-11H2,1-2H3. The average molecular weight is 264 g/mol. The van der Waals surface area contributed by atoms with E-state index in [1.807, 2.05) is 0 Å². The van der Waals surface area contributed by atoms with Gasteiger partial charge in [-0.05, 0) is 25.8 Å². The maximum absolute atomic E-state index is 13.0. The van der Waals surface area contributed by atoms with Gasteiger partial charge in [-0.2, -0.15) is 0 Å². The summed E-state index contributed by atoms with van der Waals surface area (Å²) in [4.78, 5) is 2.23. The predicted octanol–water partition coefficient (Wildman–Crippen LogP) is 1.98. The van der Waals surface area contributed by atoms with Crippen LogP contribution in [0, 0.1) is 5.92 Å². The van der Waals surface area contributed by atoms with Crippen LogP contribution in [-0.2, 0) is 4.74 Å². The topological polar surface area (TPSA) is 24.5 Å². The van der Waals surface area contributed by atoms with Gasteiger partial charge < -0.3 is 15.0 Å². The fourth-order valence-corrected chi connectivity index (χ4v) is 2.38. The monoisotopic (exact) mass is 264 g/mol. The summed E-state index contributed by atoms with van der Waals surface area (Å²) in [5, 5.41) is 3.28. The van der Waals surface area contributed by atoms with Gasteiger partial charge in [0, 0.05) is 46.1 Å². The Kier molecular flexibility index (Phi) is 7.04. The largest absolute Gasteiger partial charge is 0.383 e. The molecule has 5 heteroatoms. The number of likely N-dealkylation sites (N-methyl/N-ethyl adjacent to an activating group) is 1. The Bertz CT molecular complexity index is 217. The lowest BCUT2D eigenvalue weighted by Gasteiger charge is -2.31. The van der Waals surface area contributed by atoms with Crippen LogP contribution in [0.5, 0.6) is 0 Å². The maximum Gasteiger partial charge on any atom is 0.248 e. The van der Waals surface area contributed by atoms with E-state index in [4.69, 9.17) is 4.74 Å². The molecule has 108 valence electrons. The van der Waals surface area contributed by atoms with Crippen molar-refractivity contribution in [1.82, 2.24) is 10.2 Å². The van der Waals surface area contributed by atoms with Gasteiger partial charge in [0.2, 0.25) is 5.92 Å². The Labute approximate surface area is 109 Å². The van der Waals surface area contributed by atoms with Crippen molar-refractivity contribution in [3.05, 3.63) is 0 Å². The molecule has 0 radical (unpaired) electrons. The van der Waals surface area contributed by atoms with Crippen LogP contribution in [0.15, 0.2) is 0 Å². The van der Waals surface area contributed by atoms with Crippen molar-refractivity contribution in [1.29, 1.82) is 0 Å². The molecule has 1 saturated carbocycles. The van der Waals surface area contributed by atoms with Crippen LogP contribution in [0.25, 0.3) is 0 Å². The normalized spacial score (nSPS) is 20.5. The number of ether oxygens (including phenoxy) is 1. The summed E-state index contributed by atoms with van der Waals surface area (Å²) >= 11 is 0. The zero-order chi connectivity index (χ0) is 13.4. The average Bonchev–Trinajstić information content (AvgIpc) is 2.32. The van der Waals surface area contributed by atoms with E-state index < -0.39 is 5.92 Å². The molecule has 0 aromatic carbocycles. The highest BCUT2D eigenvalue weighted by atomic mass is 19.3. The lowest BCUT2D eigenvalue weighted by atomic mass is 9.86. The smallest absolute Gasteiger partial charge is 0.248 e. The predicted molar refractivity (Wildman–Crippen MR) is 69.1 cm³/mol. The van der Waals surface area contributed by atoms with Gasteiger partial charge in [0.1, 0.15) is 0 Å². The fourth-order valence-electron chi connectivity index (χ4n) is 2.38. The molecule has 0 aliphatic heterocycles. The first-order valence-electron chi connectivity index (χ1n) is 6.79. The van der Waals surface area contributed by atoms with E-state index in [1.54, 1.807) is 7.11 Å². The molecule has 0 bridgehead atoms. The Hall–Kier alpha value is -0.260. The number of nitrogens with zero attached hydrogens (tertiary/aromatic N) is 1. The second kappa shape index (κ2) is 8.02. The van der Waals surface area contributed by atoms with Crippen molar-refractivity contribution in [2.24, 2.45) is 5.92 Å². The molecule has 1 rings (SSSR count). The Balaban J connectivity index is 2.04. The molecule has 1 aliphatic carbocycles. The number of nitrogens with one attached hydrogen (secondary N) is 1. The van der Waals surface area contributed by atoms with Gasteiger partial charge in [0.25, 0.3) is 0 Å². The van der Waals surface area contributed by atoms with Gasteiger partial charge in [-0.1, -0.05) is 0 Å². The van der Waals surface area contributed by atoms with E-state index in [0.717, 1.165) is 32.8 Å². The zero-order valence-corrected chi connectivity index (χ0v) is 11.6. The molecule has 1 aliphatic rings. The second-order valence-corrected chi connectivity index (χ2v) is 5.30.